The second kappa shape index (κ2) is 13.5. The molecule has 0 spiro atoms. The van der Waals surface area contributed by atoms with Crippen molar-refractivity contribution in [2.45, 2.75) is 38.4 Å². The van der Waals surface area contributed by atoms with Crippen molar-refractivity contribution >= 4 is 11.9 Å². The van der Waals surface area contributed by atoms with Gasteiger partial charge >= 0.3 is 5.97 Å². The van der Waals surface area contributed by atoms with E-state index in [0.717, 1.165) is 53.4 Å². The number of hydrogen-bond acceptors (Lipinski definition) is 9. The van der Waals surface area contributed by atoms with Crippen LogP contribution in [0.4, 0.5) is 0 Å². The SMILES string of the molecule is COC(=O)c1ccc([C@H]2C=C(C(=O)N3CCN(Cc4ccc5c(c4)OCO5)CC3)O[C@@H](OCc3ccc(CO)cc3)C2)cc1. The summed E-state index contributed by atoms with van der Waals surface area (Å²) in [7, 11) is 1.35. The van der Waals surface area contributed by atoms with E-state index < -0.39 is 12.3 Å². The second-order valence-corrected chi connectivity index (χ2v) is 11.1. The highest BCUT2D eigenvalue weighted by Crippen LogP contribution is 2.34. The van der Waals surface area contributed by atoms with Crippen LogP contribution in [0.25, 0.3) is 0 Å². The van der Waals surface area contributed by atoms with E-state index in [0.29, 0.717) is 31.7 Å². The van der Waals surface area contributed by atoms with Crippen molar-refractivity contribution in [3.8, 4) is 11.5 Å². The second-order valence-electron chi connectivity index (χ2n) is 11.1. The number of hydrogen-bond donors (Lipinski definition) is 1. The van der Waals surface area contributed by atoms with E-state index >= 15 is 0 Å². The minimum atomic E-state index is -0.644. The molecule has 1 fully saturated rings. The first-order valence-corrected chi connectivity index (χ1v) is 14.8. The normalized spacial score (nSPS) is 19.7. The van der Waals surface area contributed by atoms with E-state index in [1.165, 1.54) is 7.11 Å². The van der Waals surface area contributed by atoms with E-state index in [1.54, 1.807) is 12.1 Å². The third-order valence-electron chi connectivity index (χ3n) is 8.17. The van der Waals surface area contributed by atoms with E-state index in [9.17, 15) is 14.7 Å². The van der Waals surface area contributed by atoms with Gasteiger partial charge in [-0.15, -0.1) is 0 Å². The summed E-state index contributed by atoms with van der Waals surface area (Å²) in [4.78, 5) is 29.8. The van der Waals surface area contributed by atoms with Crippen LogP contribution in [0.5, 0.6) is 11.5 Å². The molecule has 0 unspecified atom stereocenters. The van der Waals surface area contributed by atoms with Crippen LogP contribution < -0.4 is 9.47 Å². The lowest BCUT2D eigenvalue weighted by atomic mass is 9.92. The lowest BCUT2D eigenvalue weighted by Gasteiger charge is -2.36. The molecule has 0 saturated carbocycles. The zero-order valence-electron chi connectivity index (χ0n) is 24.6. The topological polar surface area (TPSA) is 107 Å². The Balaban J connectivity index is 1.12. The van der Waals surface area contributed by atoms with Crippen molar-refractivity contribution < 1.29 is 38.4 Å². The lowest BCUT2D eigenvalue weighted by molar-refractivity contribution is -0.157. The van der Waals surface area contributed by atoms with Crippen LogP contribution in [0.2, 0.25) is 0 Å². The number of methoxy groups -OCH3 is 1. The van der Waals surface area contributed by atoms with Gasteiger partial charge in [-0.2, -0.15) is 0 Å². The van der Waals surface area contributed by atoms with Crippen LogP contribution in [0.3, 0.4) is 0 Å². The summed E-state index contributed by atoms with van der Waals surface area (Å²) in [5.74, 6) is 1.09. The molecule has 0 aliphatic carbocycles. The van der Waals surface area contributed by atoms with Crippen molar-refractivity contribution in [3.05, 3.63) is 106 Å². The van der Waals surface area contributed by atoms with Crippen LogP contribution in [-0.2, 0) is 38.8 Å². The lowest BCUT2D eigenvalue weighted by Crippen LogP contribution is -2.49. The Morgan fingerprint density at radius 2 is 1.59 bits per heavy atom. The zero-order valence-corrected chi connectivity index (χ0v) is 24.6. The van der Waals surface area contributed by atoms with Gasteiger partial charge in [-0.25, -0.2) is 4.79 Å². The molecule has 0 radical (unpaired) electrons. The Bertz CT molecular complexity index is 1500. The number of nitrogens with zero attached hydrogens (tertiary/aromatic N) is 2. The number of aliphatic hydroxyl groups excluding tert-OH is 1. The van der Waals surface area contributed by atoms with Gasteiger partial charge in [0.25, 0.3) is 5.91 Å². The van der Waals surface area contributed by atoms with Gasteiger partial charge in [0.2, 0.25) is 13.1 Å². The fraction of sp³-hybridized carbons (Fsp3) is 0.353. The van der Waals surface area contributed by atoms with Gasteiger partial charge < -0.3 is 33.7 Å². The maximum Gasteiger partial charge on any atom is 0.337 e. The molecule has 44 heavy (non-hydrogen) atoms. The molecule has 0 bridgehead atoms. The Labute approximate surface area is 256 Å². The number of carbonyl (C=O) groups is 2. The number of allylic oxidation sites excluding steroid dienone is 1. The molecule has 1 amide bonds. The number of amides is 1. The summed E-state index contributed by atoms with van der Waals surface area (Å²) in [6, 6.07) is 20.7. The summed E-state index contributed by atoms with van der Waals surface area (Å²) in [5.41, 5.74) is 4.30. The number of aliphatic hydroxyl groups is 1. The summed E-state index contributed by atoms with van der Waals surface area (Å²) in [6.07, 6.45) is 1.73. The van der Waals surface area contributed by atoms with Crippen LogP contribution in [0.15, 0.2) is 78.6 Å². The summed E-state index contributed by atoms with van der Waals surface area (Å²) in [6.45, 7) is 3.90. The molecule has 1 saturated heterocycles. The molecule has 3 heterocycles. The average molecular weight is 601 g/mol. The molecule has 1 N–H and O–H groups in total. The molecule has 3 aliphatic rings. The maximum atomic E-state index is 13.7. The number of carbonyl (C=O) groups excluding carboxylic acids is 2. The highest BCUT2D eigenvalue weighted by molar-refractivity contribution is 5.92. The van der Waals surface area contributed by atoms with Crippen LogP contribution in [0.1, 0.15) is 45.0 Å². The molecule has 0 aromatic heterocycles. The summed E-state index contributed by atoms with van der Waals surface area (Å²) in [5, 5.41) is 9.33. The predicted molar refractivity (Wildman–Crippen MR) is 160 cm³/mol. The number of piperazine rings is 1. The van der Waals surface area contributed by atoms with Crippen molar-refractivity contribution in [1.82, 2.24) is 9.80 Å². The third-order valence-corrected chi connectivity index (χ3v) is 8.17. The van der Waals surface area contributed by atoms with Crippen LogP contribution in [-0.4, -0.2) is 73.2 Å². The van der Waals surface area contributed by atoms with E-state index in [1.807, 2.05) is 65.6 Å². The number of ether oxygens (including phenoxy) is 5. The Morgan fingerprint density at radius 3 is 2.32 bits per heavy atom. The quantitative estimate of drug-likeness (QED) is 0.365. The molecule has 3 aliphatic heterocycles. The number of benzene rings is 3. The number of esters is 1. The summed E-state index contributed by atoms with van der Waals surface area (Å²) < 4.78 is 28.1. The highest BCUT2D eigenvalue weighted by atomic mass is 16.7. The van der Waals surface area contributed by atoms with Crippen molar-refractivity contribution in [1.29, 1.82) is 0 Å². The Hall–Kier alpha value is -4.38. The minimum Gasteiger partial charge on any atom is -0.465 e. The first kappa shape index (κ1) is 29.7. The van der Waals surface area contributed by atoms with Crippen molar-refractivity contribution in [2.24, 2.45) is 0 Å². The number of rotatable bonds is 9. The Morgan fingerprint density at radius 1 is 0.886 bits per heavy atom. The largest absolute Gasteiger partial charge is 0.465 e. The van der Waals surface area contributed by atoms with Crippen molar-refractivity contribution in [2.75, 3.05) is 40.1 Å². The van der Waals surface area contributed by atoms with Gasteiger partial charge in [0.05, 0.1) is 25.9 Å². The van der Waals surface area contributed by atoms with Gasteiger partial charge in [-0.05, 0) is 52.6 Å². The van der Waals surface area contributed by atoms with Gasteiger partial charge in [-0.1, -0.05) is 42.5 Å². The molecule has 3 aromatic rings. The molecule has 230 valence electrons. The first-order valence-electron chi connectivity index (χ1n) is 14.8. The Kier molecular flexibility index (Phi) is 9.11. The predicted octanol–water partition coefficient (Wildman–Crippen LogP) is 3.97. The smallest absolute Gasteiger partial charge is 0.337 e. The monoisotopic (exact) mass is 600 g/mol. The molecular formula is C34H36N2O8. The highest BCUT2D eigenvalue weighted by Gasteiger charge is 2.32. The van der Waals surface area contributed by atoms with Gasteiger partial charge in [0.1, 0.15) is 0 Å². The molecule has 6 rings (SSSR count). The minimum absolute atomic E-state index is 0.0216. The first-order chi connectivity index (χ1) is 21.5. The third kappa shape index (κ3) is 6.88. The van der Waals surface area contributed by atoms with E-state index in [-0.39, 0.29) is 31.0 Å². The summed E-state index contributed by atoms with van der Waals surface area (Å²) >= 11 is 0. The van der Waals surface area contributed by atoms with Crippen LogP contribution >= 0.6 is 0 Å². The van der Waals surface area contributed by atoms with E-state index in [4.69, 9.17) is 23.7 Å². The zero-order chi connectivity index (χ0) is 30.5. The standard InChI is InChI=1S/C34H36N2O8/c1-40-34(39)27-9-7-26(8-10-27)28-17-31(44-32(18-28)41-21-24-4-2-23(20-37)3-5-24)33(38)36-14-12-35(13-15-36)19-25-6-11-29-30(16-25)43-22-42-29/h2-11,16-17,28,32,37H,12-15,18-22H2,1H3/t28-,32+/m0/s1. The molecule has 3 aromatic carbocycles. The fourth-order valence-corrected chi connectivity index (χ4v) is 5.62. The average Bonchev–Trinajstić information content (AvgIpc) is 3.55. The van der Waals surface area contributed by atoms with Gasteiger partial charge in [0, 0.05) is 45.1 Å². The van der Waals surface area contributed by atoms with E-state index in [2.05, 4.69) is 4.90 Å². The number of fused-ring (bicyclic) bond motifs is 1. The van der Waals surface area contributed by atoms with Crippen molar-refractivity contribution in [3.63, 3.8) is 0 Å². The fourth-order valence-electron chi connectivity index (χ4n) is 5.62. The molecular weight excluding hydrogens is 564 g/mol. The molecule has 10 heteroatoms. The maximum absolute atomic E-state index is 13.7. The molecule has 2 atom stereocenters. The van der Waals surface area contributed by atoms with Gasteiger partial charge in [-0.3, -0.25) is 9.69 Å². The molecule has 10 nitrogen and oxygen atoms in total. The van der Waals surface area contributed by atoms with Gasteiger partial charge in [0.15, 0.2) is 17.3 Å². The van der Waals surface area contributed by atoms with Crippen LogP contribution in [0, 0.1) is 0 Å².